The molecule has 4 heteroatoms. The molecule has 1 aromatic rings. The van der Waals surface area contributed by atoms with Crippen molar-refractivity contribution in [1.82, 2.24) is 5.32 Å². The molecule has 4 N–H and O–H groups in total. The molecule has 0 heterocycles. The summed E-state index contributed by atoms with van der Waals surface area (Å²) in [5, 5.41) is 12.0. The zero-order valence-electron chi connectivity index (χ0n) is 9.67. The van der Waals surface area contributed by atoms with Gasteiger partial charge in [0.15, 0.2) is 0 Å². The molecule has 2 atom stereocenters. The standard InChI is InChI=1S/C13H18N2O2/c1-2-6-11(14)13(17)15-12(9-16)10-7-4-3-5-8-10/h2-5,7-8,11-12,16H,1,6,9,14H2,(H,15,17). The van der Waals surface area contributed by atoms with Gasteiger partial charge in [-0.2, -0.15) is 0 Å². The summed E-state index contributed by atoms with van der Waals surface area (Å²) < 4.78 is 0. The van der Waals surface area contributed by atoms with Gasteiger partial charge in [0.2, 0.25) is 5.91 Å². The first-order chi connectivity index (χ1) is 8.19. The number of nitrogens with two attached hydrogens (primary N) is 1. The molecule has 1 amide bonds. The molecule has 0 radical (unpaired) electrons. The number of carbonyl (C=O) groups is 1. The lowest BCUT2D eigenvalue weighted by Crippen LogP contribution is -2.42. The first-order valence-corrected chi connectivity index (χ1v) is 5.51. The van der Waals surface area contributed by atoms with Crippen LogP contribution in [0.5, 0.6) is 0 Å². The molecule has 0 fully saturated rings. The molecule has 0 bridgehead atoms. The number of aliphatic hydroxyl groups excluding tert-OH is 1. The Bertz CT molecular complexity index is 365. The first-order valence-electron chi connectivity index (χ1n) is 5.51. The molecule has 0 spiro atoms. The molecule has 0 saturated heterocycles. The molecule has 2 unspecified atom stereocenters. The van der Waals surface area contributed by atoms with Gasteiger partial charge in [0.1, 0.15) is 0 Å². The Kier molecular flexibility index (Phi) is 5.39. The molecule has 4 nitrogen and oxygen atoms in total. The Balaban J connectivity index is 2.64. The number of hydrogen-bond acceptors (Lipinski definition) is 3. The fourth-order valence-electron chi connectivity index (χ4n) is 1.49. The van der Waals surface area contributed by atoms with Crippen LogP contribution in [-0.2, 0) is 4.79 Å². The highest BCUT2D eigenvalue weighted by Gasteiger charge is 2.17. The van der Waals surface area contributed by atoms with Crippen LogP contribution < -0.4 is 11.1 Å². The van der Waals surface area contributed by atoms with Crippen LogP contribution in [0, 0.1) is 0 Å². The summed E-state index contributed by atoms with van der Waals surface area (Å²) in [6.07, 6.45) is 2.01. The highest BCUT2D eigenvalue weighted by Crippen LogP contribution is 2.11. The van der Waals surface area contributed by atoms with E-state index in [9.17, 15) is 9.90 Å². The highest BCUT2D eigenvalue weighted by molar-refractivity contribution is 5.82. The number of carbonyl (C=O) groups excluding carboxylic acids is 1. The number of benzene rings is 1. The number of aliphatic hydroxyl groups is 1. The first kappa shape index (κ1) is 13.4. The average Bonchev–Trinajstić information content (AvgIpc) is 2.37. The third-order valence-electron chi connectivity index (χ3n) is 2.46. The van der Waals surface area contributed by atoms with Crippen molar-refractivity contribution in [2.24, 2.45) is 5.73 Å². The van der Waals surface area contributed by atoms with Gasteiger partial charge in [-0.1, -0.05) is 36.4 Å². The molecule has 0 aliphatic carbocycles. The average molecular weight is 234 g/mol. The van der Waals surface area contributed by atoms with Gasteiger partial charge in [0.05, 0.1) is 18.7 Å². The minimum atomic E-state index is -0.620. The van der Waals surface area contributed by atoms with Crippen molar-refractivity contribution < 1.29 is 9.90 Å². The number of hydrogen-bond donors (Lipinski definition) is 3. The lowest BCUT2D eigenvalue weighted by atomic mass is 10.1. The lowest BCUT2D eigenvalue weighted by Gasteiger charge is -2.19. The molecule has 0 saturated carbocycles. The van der Waals surface area contributed by atoms with Crippen LogP contribution in [-0.4, -0.2) is 23.7 Å². The number of amides is 1. The van der Waals surface area contributed by atoms with E-state index in [-0.39, 0.29) is 12.5 Å². The third-order valence-corrected chi connectivity index (χ3v) is 2.46. The zero-order chi connectivity index (χ0) is 12.7. The Hall–Kier alpha value is -1.65. The number of nitrogens with one attached hydrogen (secondary N) is 1. The second-order valence-corrected chi connectivity index (χ2v) is 3.79. The van der Waals surface area contributed by atoms with Crippen LogP contribution in [0.15, 0.2) is 43.0 Å². The lowest BCUT2D eigenvalue weighted by molar-refractivity contribution is -0.123. The van der Waals surface area contributed by atoms with Crippen LogP contribution in [0.2, 0.25) is 0 Å². The fraction of sp³-hybridized carbons (Fsp3) is 0.308. The van der Waals surface area contributed by atoms with Crippen molar-refractivity contribution in [3.05, 3.63) is 48.6 Å². The van der Waals surface area contributed by atoms with Crippen molar-refractivity contribution in [3.8, 4) is 0 Å². The molecule has 17 heavy (non-hydrogen) atoms. The summed E-state index contributed by atoms with van der Waals surface area (Å²) in [4.78, 5) is 11.7. The van der Waals surface area contributed by atoms with Crippen LogP contribution >= 0.6 is 0 Å². The second kappa shape index (κ2) is 6.83. The second-order valence-electron chi connectivity index (χ2n) is 3.79. The Labute approximate surface area is 101 Å². The van der Waals surface area contributed by atoms with Crippen LogP contribution in [0.3, 0.4) is 0 Å². The van der Waals surface area contributed by atoms with E-state index in [1.54, 1.807) is 6.08 Å². The third kappa shape index (κ3) is 4.01. The molecule has 92 valence electrons. The summed E-state index contributed by atoms with van der Waals surface area (Å²) in [6, 6.07) is 8.25. The zero-order valence-corrected chi connectivity index (χ0v) is 9.67. The SMILES string of the molecule is C=CCC(N)C(=O)NC(CO)c1ccccc1. The van der Waals surface area contributed by atoms with E-state index in [0.717, 1.165) is 5.56 Å². The predicted molar refractivity (Wildman–Crippen MR) is 67.2 cm³/mol. The topological polar surface area (TPSA) is 75.4 Å². The van der Waals surface area contributed by atoms with Crippen molar-refractivity contribution >= 4 is 5.91 Å². The normalized spacial score (nSPS) is 13.8. The van der Waals surface area contributed by atoms with E-state index in [4.69, 9.17) is 5.73 Å². The van der Waals surface area contributed by atoms with Crippen molar-refractivity contribution in [3.63, 3.8) is 0 Å². The maximum Gasteiger partial charge on any atom is 0.237 e. The summed E-state index contributed by atoms with van der Waals surface area (Å²) in [7, 11) is 0. The molecule has 0 aromatic heterocycles. The molecule has 1 rings (SSSR count). The van der Waals surface area contributed by atoms with Gasteiger partial charge in [0, 0.05) is 0 Å². The highest BCUT2D eigenvalue weighted by atomic mass is 16.3. The van der Waals surface area contributed by atoms with Crippen LogP contribution in [0.4, 0.5) is 0 Å². The Morgan fingerprint density at radius 3 is 2.65 bits per heavy atom. The summed E-state index contributed by atoms with van der Waals surface area (Å²) >= 11 is 0. The molecular formula is C13H18N2O2. The monoisotopic (exact) mass is 234 g/mol. The number of rotatable bonds is 6. The molecule has 0 aliphatic rings. The van der Waals surface area contributed by atoms with Crippen LogP contribution in [0.25, 0.3) is 0 Å². The maximum absolute atomic E-state index is 11.7. The van der Waals surface area contributed by atoms with Gasteiger partial charge >= 0.3 is 0 Å². The van der Waals surface area contributed by atoms with Gasteiger partial charge in [0.25, 0.3) is 0 Å². The maximum atomic E-state index is 11.7. The summed E-state index contributed by atoms with van der Waals surface area (Å²) in [5.74, 6) is -0.284. The fourth-order valence-corrected chi connectivity index (χ4v) is 1.49. The van der Waals surface area contributed by atoms with Crippen molar-refractivity contribution in [1.29, 1.82) is 0 Å². The van der Waals surface area contributed by atoms with Crippen molar-refractivity contribution in [2.45, 2.75) is 18.5 Å². The smallest absolute Gasteiger partial charge is 0.237 e. The molecule has 0 aliphatic heterocycles. The van der Waals surface area contributed by atoms with E-state index in [1.807, 2.05) is 30.3 Å². The van der Waals surface area contributed by atoms with Gasteiger partial charge < -0.3 is 16.2 Å². The van der Waals surface area contributed by atoms with E-state index in [0.29, 0.717) is 6.42 Å². The summed E-state index contributed by atoms with van der Waals surface area (Å²) in [6.45, 7) is 3.37. The van der Waals surface area contributed by atoms with Gasteiger partial charge in [-0.05, 0) is 12.0 Å². The van der Waals surface area contributed by atoms with Gasteiger partial charge in [-0.3, -0.25) is 4.79 Å². The molecule has 1 aromatic carbocycles. The Morgan fingerprint density at radius 1 is 1.47 bits per heavy atom. The quantitative estimate of drug-likeness (QED) is 0.635. The van der Waals surface area contributed by atoms with Crippen molar-refractivity contribution in [2.75, 3.05) is 6.61 Å². The Morgan fingerprint density at radius 2 is 2.12 bits per heavy atom. The van der Waals surface area contributed by atoms with E-state index < -0.39 is 12.1 Å². The van der Waals surface area contributed by atoms with Crippen LogP contribution in [0.1, 0.15) is 18.0 Å². The predicted octanol–water partition coefficient (Wildman–Crippen LogP) is 0.740. The van der Waals surface area contributed by atoms with E-state index in [2.05, 4.69) is 11.9 Å². The van der Waals surface area contributed by atoms with E-state index in [1.165, 1.54) is 0 Å². The van der Waals surface area contributed by atoms with E-state index >= 15 is 0 Å². The summed E-state index contributed by atoms with van der Waals surface area (Å²) in [5.41, 5.74) is 6.50. The van der Waals surface area contributed by atoms with Gasteiger partial charge in [-0.15, -0.1) is 6.58 Å². The van der Waals surface area contributed by atoms with Gasteiger partial charge in [-0.25, -0.2) is 0 Å². The minimum absolute atomic E-state index is 0.156. The minimum Gasteiger partial charge on any atom is -0.394 e. The largest absolute Gasteiger partial charge is 0.394 e. The molecular weight excluding hydrogens is 216 g/mol.